The number of carbonyl (C=O) groups is 2. The van der Waals surface area contributed by atoms with Crippen molar-refractivity contribution in [2.75, 3.05) is 17.4 Å². The fraction of sp³-hybridized carbons (Fsp3) is 0.278. The van der Waals surface area contributed by atoms with E-state index in [4.69, 9.17) is 11.6 Å². The zero-order chi connectivity index (χ0) is 32.6. The summed E-state index contributed by atoms with van der Waals surface area (Å²) in [5, 5.41) is 3.45. The summed E-state index contributed by atoms with van der Waals surface area (Å²) in [6, 6.07) is 27.6. The average Bonchev–Trinajstić information content (AvgIpc) is 3.02. The molecule has 1 atom stereocenters. The molecule has 9 heteroatoms. The summed E-state index contributed by atoms with van der Waals surface area (Å²) < 4.78 is 29.7. The molecule has 0 aliphatic rings. The van der Waals surface area contributed by atoms with Gasteiger partial charge in [0.05, 0.1) is 10.6 Å². The molecule has 1 N–H and O–H groups in total. The number of hydrogen-bond acceptors (Lipinski definition) is 4. The van der Waals surface area contributed by atoms with Crippen LogP contribution in [-0.2, 0) is 32.6 Å². The van der Waals surface area contributed by atoms with E-state index >= 15 is 0 Å². The summed E-state index contributed by atoms with van der Waals surface area (Å²) >= 11 is 6.31. The highest BCUT2D eigenvalue weighted by atomic mass is 35.5. The van der Waals surface area contributed by atoms with Crippen molar-refractivity contribution in [3.63, 3.8) is 0 Å². The lowest BCUT2D eigenvalue weighted by Crippen LogP contribution is -2.53. The Hall–Kier alpha value is -4.14. The number of amides is 2. The van der Waals surface area contributed by atoms with Gasteiger partial charge in [0.2, 0.25) is 11.8 Å². The molecule has 0 fully saturated rings. The van der Waals surface area contributed by atoms with Gasteiger partial charge >= 0.3 is 0 Å². The fourth-order valence-corrected chi connectivity index (χ4v) is 6.79. The van der Waals surface area contributed by atoms with Gasteiger partial charge in [-0.2, -0.15) is 0 Å². The third-order valence-electron chi connectivity index (χ3n) is 7.79. The van der Waals surface area contributed by atoms with Gasteiger partial charge in [0, 0.05) is 24.5 Å². The number of sulfonamides is 1. The standard InChI is InChI=1S/C36H40ClN3O4S/c1-5-21-38-36(42)34(23-29-12-7-6-8-13-29)39(24-30-14-10-15-31(37)22-30)35(41)25-40(33-16-9-11-27(3)28(33)4)45(43,44)32-19-17-26(2)18-20-32/h6-20,22,34H,5,21,23-25H2,1-4H3,(H,38,42)/t34-/m1/s1. The molecule has 2 amide bonds. The molecule has 0 aliphatic heterocycles. The Kier molecular flexibility index (Phi) is 11.4. The van der Waals surface area contributed by atoms with Crippen molar-refractivity contribution in [2.45, 2.75) is 58.0 Å². The van der Waals surface area contributed by atoms with Crippen LogP contribution in [0.2, 0.25) is 5.02 Å². The lowest BCUT2D eigenvalue weighted by molar-refractivity contribution is -0.140. The van der Waals surface area contributed by atoms with Gasteiger partial charge in [0.1, 0.15) is 12.6 Å². The molecule has 0 radical (unpaired) electrons. The van der Waals surface area contributed by atoms with Crippen molar-refractivity contribution < 1.29 is 18.0 Å². The second kappa shape index (κ2) is 15.2. The predicted octanol–water partition coefficient (Wildman–Crippen LogP) is 6.63. The van der Waals surface area contributed by atoms with Crippen LogP contribution in [0.1, 0.15) is 41.2 Å². The highest BCUT2D eigenvalue weighted by Crippen LogP contribution is 2.29. The molecule has 0 heterocycles. The van der Waals surface area contributed by atoms with Crippen LogP contribution in [0.25, 0.3) is 0 Å². The van der Waals surface area contributed by atoms with E-state index in [-0.39, 0.29) is 23.8 Å². The number of rotatable bonds is 13. The van der Waals surface area contributed by atoms with Crippen LogP contribution in [0.5, 0.6) is 0 Å². The Morgan fingerprint density at radius 1 is 0.844 bits per heavy atom. The van der Waals surface area contributed by atoms with Crippen molar-refractivity contribution in [3.8, 4) is 0 Å². The molecule has 4 aromatic rings. The van der Waals surface area contributed by atoms with Gasteiger partial charge in [-0.15, -0.1) is 0 Å². The predicted molar refractivity (Wildman–Crippen MR) is 181 cm³/mol. The first kappa shape index (κ1) is 33.7. The zero-order valence-electron chi connectivity index (χ0n) is 26.2. The first-order chi connectivity index (χ1) is 21.5. The quantitative estimate of drug-likeness (QED) is 0.177. The third-order valence-corrected chi connectivity index (χ3v) is 9.80. The zero-order valence-corrected chi connectivity index (χ0v) is 27.7. The molecule has 45 heavy (non-hydrogen) atoms. The number of aryl methyl sites for hydroxylation is 2. The van der Waals surface area contributed by atoms with Crippen molar-refractivity contribution in [2.24, 2.45) is 0 Å². The van der Waals surface area contributed by atoms with Gasteiger partial charge in [-0.25, -0.2) is 8.42 Å². The Morgan fingerprint density at radius 2 is 1.51 bits per heavy atom. The summed E-state index contributed by atoms with van der Waals surface area (Å²) in [5.41, 5.74) is 4.54. The molecule has 236 valence electrons. The summed E-state index contributed by atoms with van der Waals surface area (Å²) in [6.07, 6.45) is 0.970. The summed E-state index contributed by atoms with van der Waals surface area (Å²) in [5.74, 6) is -0.824. The Balaban J connectivity index is 1.83. The van der Waals surface area contributed by atoms with Crippen molar-refractivity contribution in [1.29, 1.82) is 0 Å². The Labute approximate surface area is 271 Å². The van der Waals surface area contributed by atoms with Gasteiger partial charge in [-0.05, 0) is 79.8 Å². The van der Waals surface area contributed by atoms with Crippen LogP contribution in [0.15, 0.2) is 102 Å². The van der Waals surface area contributed by atoms with Gasteiger partial charge < -0.3 is 10.2 Å². The van der Waals surface area contributed by atoms with Gasteiger partial charge in [-0.3, -0.25) is 13.9 Å². The highest BCUT2D eigenvalue weighted by molar-refractivity contribution is 7.92. The first-order valence-electron chi connectivity index (χ1n) is 15.0. The minimum Gasteiger partial charge on any atom is -0.354 e. The van der Waals surface area contributed by atoms with Crippen LogP contribution >= 0.6 is 11.6 Å². The molecule has 0 saturated carbocycles. The number of benzene rings is 4. The molecule has 0 unspecified atom stereocenters. The van der Waals surface area contributed by atoms with Crippen molar-refractivity contribution >= 4 is 39.1 Å². The second-order valence-corrected chi connectivity index (χ2v) is 13.5. The molecule has 4 aromatic carbocycles. The van der Waals surface area contributed by atoms with Crippen LogP contribution in [0.4, 0.5) is 5.69 Å². The van der Waals surface area contributed by atoms with E-state index in [9.17, 15) is 18.0 Å². The van der Waals surface area contributed by atoms with E-state index in [1.807, 2.05) is 70.2 Å². The molecule has 0 spiro atoms. The van der Waals surface area contributed by atoms with Crippen LogP contribution in [0, 0.1) is 20.8 Å². The summed E-state index contributed by atoms with van der Waals surface area (Å²) in [6.45, 7) is 7.57. The molecule has 7 nitrogen and oxygen atoms in total. The van der Waals surface area contributed by atoms with E-state index in [1.165, 1.54) is 4.90 Å². The molecule has 0 aromatic heterocycles. The maximum absolute atomic E-state index is 14.6. The molecule has 4 rings (SSSR count). The second-order valence-electron chi connectivity index (χ2n) is 11.2. The lowest BCUT2D eigenvalue weighted by atomic mass is 10.0. The summed E-state index contributed by atoms with van der Waals surface area (Å²) in [4.78, 5) is 29.9. The third kappa shape index (κ3) is 8.53. The topological polar surface area (TPSA) is 86.8 Å². The van der Waals surface area contributed by atoms with Crippen LogP contribution in [-0.4, -0.2) is 44.3 Å². The number of carbonyl (C=O) groups excluding carboxylic acids is 2. The van der Waals surface area contributed by atoms with Gasteiger partial charge in [-0.1, -0.05) is 90.8 Å². The minimum absolute atomic E-state index is 0.0572. The first-order valence-corrected chi connectivity index (χ1v) is 16.8. The lowest BCUT2D eigenvalue weighted by Gasteiger charge is -2.34. The van der Waals surface area contributed by atoms with E-state index in [0.717, 1.165) is 38.5 Å². The fourth-order valence-electron chi connectivity index (χ4n) is 5.11. The smallest absolute Gasteiger partial charge is 0.264 e. The van der Waals surface area contributed by atoms with E-state index in [0.29, 0.717) is 17.3 Å². The van der Waals surface area contributed by atoms with Crippen molar-refractivity contribution in [1.82, 2.24) is 10.2 Å². The van der Waals surface area contributed by atoms with E-state index in [1.54, 1.807) is 54.6 Å². The monoisotopic (exact) mass is 645 g/mol. The van der Waals surface area contributed by atoms with Crippen LogP contribution in [0.3, 0.4) is 0 Å². The Bertz CT molecular complexity index is 1730. The molecular weight excluding hydrogens is 606 g/mol. The van der Waals surface area contributed by atoms with Crippen molar-refractivity contribution in [3.05, 3.63) is 130 Å². The Morgan fingerprint density at radius 3 is 2.18 bits per heavy atom. The maximum Gasteiger partial charge on any atom is 0.264 e. The highest BCUT2D eigenvalue weighted by Gasteiger charge is 2.35. The van der Waals surface area contributed by atoms with Gasteiger partial charge in [0.15, 0.2) is 0 Å². The van der Waals surface area contributed by atoms with E-state index < -0.39 is 28.5 Å². The van der Waals surface area contributed by atoms with Crippen LogP contribution < -0.4 is 9.62 Å². The molecule has 0 bridgehead atoms. The number of halogens is 1. The summed E-state index contributed by atoms with van der Waals surface area (Å²) in [7, 11) is -4.17. The molecule has 0 aliphatic carbocycles. The normalized spacial score (nSPS) is 11.9. The number of nitrogens with zero attached hydrogens (tertiary/aromatic N) is 2. The molecule has 0 saturated heterocycles. The molecular formula is C36H40ClN3O4S. The number of hydrogen-bond donors (Lipinski definition) is 1. The SMILES string of the molecule is CCCNC(=O)[C@@H](Cc1ccccc1)N(Cc1cccc(Cl)c1)C(=O)CN(c1cccc(C)c1C)S(=O)(=O)c1ccc(C)cc1. The minimum atomic E-state index is -4.17. The number of anilines is 1. The maximum atomic E-state index is 14.6. The van der Waals surface area contributed by atoms with Gasteiger partial charge in [0.25, 0.3) is 10.0 Å². The largest absolute Gasteiger partial charge is 0.354 e. The number of nitrogens with one attached hydrogen (secondary N) is 1. The van der Waals surface area contributed by atoms with E-state index in [2.05, 4.69) is 5.32 Å². The average molecular weight is 646 g/mol.